The Kier molecular flexibility index (Phi) is 5.20. The smallest absolute Gasteiger partial charge is 0.277 e. The fourth-order valence-electron chi connectivity index (χ4n) is 3.58. The third kappa shape index (κ3) is 3.94. The summed E-state index contributed by atoms with van der Waals surface area (Å²) in [6.07, 6.45) is 3.54. The van der Waals surface area contributed by atoms with Crippen molar-refractivity contribution in [1.29, 1.82) is 0 Å². The van der Waals surface area contributed by atoms with E-state index in [0.717, 1.165) is 29.2 Å². The molecule has 0 N–H and O–H groups in total. The molecule has 0 saturated heterocycles. The van der Waals surface area contributed by atoms with Crippen molar-refractivity contribution in [2.75, 3.05) is 0 Å². The minimum atomic E-state index is -0.0950. The Bertz CT molecular complexity index is 1160. The van der Waals surface area contributed by atoms with Crippen LogP contribution in [0.2, 0.25) is 0 Å². The van der Waals surface area contributed by atoms with Gasteiger partial charge in [0.1, 0.15) is 0 Å². The van der Waals surface area contributed by atoms with Crippen molar-refractivity contribution in [2.45, 2.75) is 50.5 Å². The fourth-order valence-corrected chi connectivity index (χ4v) is 5.42. The Morgan fingerprint density at radius 3 is 2.70 bits per heavy atom. The largest absolute Gasteiger partial charge is 0.419 e. The van der Waals surface area contributed by atoms with Crippen LogP contribution in [0.1, 0.15) is 47.4 Å². The number of hydrogen-bond acceptors (Lipinski definition) is 8. The molecule has 4 aromatic rings. The van der Waals surface area contributed by atoms with E-state index in [-0.39, 0.29) is 5.25 Å². The van der Waals surface area contributed by atoms with Gasteiger partial charge in [-0.2, -0.15) is 0 Å². The van der Waals surface area contributed by atoms with E-state index in [9.17, 15) is 0 Å². The Morgan fingerprint density at radius 1 is 1.07 bits per heavy atom. The van der Waals surface area contributed by atoms with Crippen LogP contribution in [0.15, 0.2) is 44.4 Å². The van der Waals surface area contributed by atoms with Crippen LogP contribution in [0.3, 0.4) is 0 Å². The van der Waals surface area contributed by atoms with Crippen molar-refractivity contribution in [3.8, 4) is 22.2 Å². The highest BCUT2D eigenvalue weighted by Crippen LogP contribution is 2.39. The molecular formula is C22H22N4O2S2. The first-order chi connectivity index (χ1) is 14.5. The predicted molar refractivity (Wildman–Crippen MR) is 118 cm³/mol. The molecule has 0 spiro atoms. The molecule has 3 aromatic heterocycles. The van der Waals surface area contributed by atoms with Crippen molar-refractivity contribution in [1.82, 2.24) is 20.4 Å². The van der Waals surface area contributed by atoms with Crippen molar-refractivity contribution in [2.24, 2.45) is 5.92 Å². The summed E-state index contributed by atoms with van der Waals surface area (Å²) < 4.78 is 11.8. The zero-order valence-corrected chi connectivity index (χ0v) is 18.7. The van der Waals surface area contributed by atoms with Gasteiger partial charge in [0.15, 0.2) is 0 Å². The number of aryl methyl sites for hydroxylation is 2. The van der Waals surface area contributed by atoms with Gasteiger partial charge in [0.05, 0.1) is 10.1 Å². The van der Waals surface area contributed by atoms with Crippen LogP contribution in [0.25, 0.3) is 22.2 Å². The third-order valence-electron chi connectivity index (χ3n) is 5.31. The van der Waals surface area contributed by atoms with Crippen LogP contribution in [-0.4, -0.2) is 20.4 Å². The van der Waals surface area contributed by atoms with Crippen molar-refractivity contribution in [3.63, 3.8) is 0 Å². The van der Waals surface area contributed by atoms with Crippen LogP contribution in [0.5, 0.6) is 0 Å². The molecule has 1 aliphatic carbocycles. The average molecular weight is 439 g/mol. The maximum atomic E-state index is 5.93. The van der Waals surface area contributed by atoms with Gasteiger partial charge in [-0.1, -0.05) is 36.4 Å². The van der Waals surface area contributed by atoms with Gasteiger partial charge in [-0.15, -0.1) is 31.7 Å². The van der Waals surface area contributed by atoms with E-state index in [4.69, 9.17) is 8.83 Å². The number of aromatic nitrogens is 4. The Hall–Kier alpha value is -2.45. The zero-order chi connectivity index (χ0) is 20.7. The van der Waals surface area contributed by atoms with Gasteiger partial charge in [0.25, 0.3) is 11.1 Å². The maximum Gasteiger partial charge on any atom is 0.277 e. The maximum absolute atomic E-state index is 5.93. The number of hydrogen-bond donors (Lipinski definition) is 0. The van der Waals surface area contributed by atoms with Crippen molar-refractivity contribution in [3.05, 3.63) is 52.2 Å². The molecule has 8 heteroatoms. The summed E-state index contributed by atoms with van der Waals surface area (Å²) in [5.74, 6) is 2.38. The molecule has 1 aromatic carbocycles. The lowest BCUT2D eigenvalue weighted by Crippen LogP contribution is -2.07. The molecule has 0 amide bonds. The monoisotopic (exact) mass is 438 g/mol. The lowest BCUT2D eigenvalue weighted by Gasteiger charge is -2.16. The molecule has 3 heterocycles. The Morgan fingerprint density at radius 2 is 1.87 bits per heavy atom. The fraction of sp³-hybridized carbons (Fsp3) is 0.364. The number of rotatable bonds is 5. The number of thiophene rings is 1. The molecule has 30 heavy (non-hydrogen) atoms. The second-order valence-electron chi connectivity index (χ2n) is 7.85. The molecule has 0 fully saturated rings. The lowest BCUT2D eigenvalue weighted by molar-refractivity contribution is 0.462. The molecule has 0 bridgehead atoms. The number of thioether (sulfide) groups is 1. The van der Waals surface area contributed by atoms with Gasteiger partial charge in [-0.25, -0.2) is 0 Å². The molecule has 0 radical (unpaired) electrons. The van der Waals surface area contributed by atoms with Gasteiger partial charge in [0.2, 0.25) is 11.8 Å². The van der Waals surface area contributed by atoms with E-state index >= 15 is 0 Å². The standard InChI is InChI=1S/C22H22N4O2S2/c1-12-4-7-15(8-5-12)20-24-23-19(27-20)14(3)29-22-26-25-21(28-22)18-11-16-10-13(2)6-9-17(16)30-18/h4-5,7-8,11,13-14H,6,9-10H2,1-3H3/t13-,14+/m1/s1. The minimum absolute atomic E-state index is 0.0950. The van der Waals surface area contributed by atoms with E-state index < -0.39 is 0 Å². The summed E-state index contributed by atoms with van der Waals surface area (Å²) in [5, 5.41) is 17.3. The highest BCUT2D eigenvalue weighted by Gasteiger charge is 2.23. The second kappa shape index (κ2) is 8.00. The second-order valence-corrected chi connectivity index (χ2v) is 10.3. The van der Waals surface area contributed by atoms with Crippen LogP contribution in [-0.2, 0) is 12.8 Å². The lowest BCUT2D eigenvalue weighted by atomic mass is 9.90. The summed E-state index contributed by atoms with van der Waals surface area (Å²) in [7, 11) is 0. The molecule has 1 aliphatic rings. The first-order valence-corrected chi connectivity index (χ1v) is 11.8. The summed E-state index contributed by atoms with van der Waals surface area (Å²) in [5.41, 5.74) is 3.53. The Balaban J connectivity index is 1.29. The van der Waals surface area contributed by atoms with Gasteiger partial charge in [-0.3, -0.25) is 0 Å². The molecule has 6 nitrogen and oxygen atoms in total. The van der Waals surface area contributed by atoms with E-state index in [0.29, 0.717) is 22.9 Å². The first kappa shape index (κ1) is 19.5. The quantitative estimate of drug-likeness (QED) is 0.347. The van der Waals surface area contributed by atoms with Crippen molar-refractivity contribution >= 4 is 23.1 Å². The number of fused-ring (bicyclic) bond motifs is 1. The van der Waals surface area contributed by atoms with Crippen molar-refractivity contribution < 1.29 is 8.83 Å². The summed E-state index contributed by atoms with van der Waals surface area (Å²) in [6.45, 7) is 6.35. The SMILES string of the molecule is Cc1ccc(-c2nnc([C@H](C)Sc3nnc(-c4cc5c(s4)CC[C@@H](C)C5)o3)o2)cc1. The van der Waals surface area contributed by atoms with Gasteiger partial charge < -0.3 is 8.83 Å². The third-order valence-corrected chi connectivity index (χ3v) is 7.46. The molecule has 2 atom stereocenters. The highest BCUT2D eigenvalue weighted by molar-refractivity contribution is 7.99. The van der Waals surface area contributed by atoms with E-state index in [1.54, 1.807) is 11.3 Å². The zero-order valence-electron chi connectivity index (χ0n) is 17.1. The van der Waals surface area contributed by atoms with Crippen LogP contribution in [0.4, 0.5) is 0 Å². The van der Waals surface area contributed by atoms with E-state index in [2.05, 4.69) is 33.4 Å². The molecule has 0 saturated carbocycles. The normalized spacial score (nSPS) is 17.1. The molecular weight excluding hydrogens is 416 g/mol. The minimum Gasteiger partial charge on any atom is -0.419 e. The predicted octanol–water partition coefficient (Wildman–Crippen LogP) is 6.13. The van der Waals surface area contributed by atoms with E-state index in [1.807, 2.05) is 38.1 Å². The topological polar surface area (TPSA) is 77.8 Å². The molecule has 5 rings (SSSR count). The highest BCUT2D eigenvalue weighted by atomic mass is 32.2. The summed E-state index contributed by atoms with van der Waals surface area (Å²) >= 11 is 3.20. The van der Waals surface area contributed by atoms with Crippen LogP contribution >= 0.6 is 23.1 Å². The molecule has 0 unspecified atom stereocenters. The van der Waals surface area contributed by atoms with Gasteiger partial charge in [0, 0.05) is 10.4 Å². The molecule has 0 aliphatic heterocycles. The van der Waals surface area contributed by atoms with Gasteiger partial charge >= 0.3 is 0 Å². The summed E-state index contributed by atoms with van der Waals surface area (Å²) in [4.78, 5) is 2.51. The average Bonchev–Trinajstić information content (AvgIpc) is 3.47. The van der Waals surface area contributed by atoms with Crippen LogP contribution in [0, 0.1) is 12.8 Å². The van der Waals surface area contributed by atoms with Gasteiger partial charge in [-0.05, 0) is 62.8 Å². The summed E-state index contributed by atoms with van der Waals surface area (Å²) in [6, 6.07) is 10.2. The number of nitrogens with zero attached hydrogens (tertiary/aromatic N) is 4. The Labute approximate surface area is 183 Å². The van der Waals surface area contributed by atoms with Crippen LogP contribution < -0.4 is 0 Å². The number of benzene rings is 1. The van der Waals surface area contributed by atoms with E-state index in [1.165, 1.54) is 34.2 Å². The molecule has 154 valence electrons. The first-order valence-electron chi connectivity index (χ1n) is 10.1.